The molecule has 1 atom stereocenters. The van der Waals surface area contributed by atoms with Crippen LogP contribution in [0.2, 0.25) is 0 Å². The van der Waals surface area contributed by atoms with Gasteiger partial charge in [-0.2, -0.15) is 0 Å². The van der Waals surface area contributed by atoms with Crippen molar-refractivity contribution in [3.05, 3.63) is 0 Å². The van der Waals surface area contributed by atoms with Gasteiger partial charge >= 0.3 is 0 Å². The minimum Gasteiger partial charge on any atom is -0.297 e. The molecule has 3 heteroatoms. The van der Waals surface area contributed by atoms with Crippen molar-refractivity contribution in [3.8, 4) is 0 Å². The lowest BCUT2D eigenvalue weighted by atomic mass is 9.98. The van der Waals surface area contributed by atoms with Gasteiger partial charge in [-0.1, -0.05) is 11.6 Å². The fraction of sp³-hybridized carbons (Fsp3) is 0.857. The van der Waals surface area contributed by atoms with E-state index in [-0.39, 0.29) is 5.78 Å². The summed E-state index contributed by atoms with van der Waals surface area (Å²) in [6, 6.07) is 0. The first-order valence-electron chi connectivity index (χ1n) is 3.46. The monoisotopic (exact) mass is 178 g/mol. The van der Waals surface area contributed by atoms with E-state index in [9.17, 15) is 4.79 Å². The van der Waals surface area contributed by atoms with E-state index < -0.39 is 4.21 Å². The quantitative estimate of drug-likeness (QED) is 0.574. The van der Waals surface area contributed by atoms with Crippen molar-refractivity contribution in [2.24, 2.45) is 0 Å². The molecule has 1 aliphatic carbocycles. The van der Waals surface area contributed by atoms with Crippen molar-refractivity contribution < 1.29 is 4.79 Å². The molecule has 0 radical (unpaired) electrons. The average molecular weight is 179 g/mol. The summed E-state index contributed by atoms with van der Waals surface area (Å²) in [5, 5.41) is 0. The highest BCUT2D eigenvalue weighted by Crippen LogP contribution is 2.39. The normalized spacial score (nSPS) is 34.4. The van der Waals surface area contributed by atoms with Crippen LogP contribution in [0.3, 0.4) is 0 Å². The number of Topliss-reactive ketones (excluding diaryl/α,β-unsaturated/α-hetero) is 1. The summed E-state index contributed by atoms with van der Waals surface area (Å²) in [7, 11) is 0. The Morgan fingerprint density at radius 1 is 1.60 bits per heavy atom. The second-order valence-electron chi connectivity index (χ2n) is 2.56. The average Bonchev–Trinajstić information content (AvgIpc) is 1.96. The van der Waals surface area contributed by atoms with Gasteiger partial charge in [0.2, 0.25) is 0 Å². The summed E-state index contributed by atoms with van der Waals surface area (Å²) in [6.45, 7) is 0. The SMILES string of the molecule is CSC1(Cl)CCCCC1=O. The number of ketones is 1. The zero-order valence-electron chi connectivity index (χ0n) is 6.02. The molecule has 1 rings (SSSR count). The van der Waals surface area contributed by atoms with Crippen LogP contribution in [0.4, 0.5) is 0 Å². The highest BCUT2D eigenvalue weighted by Gasteiger charge is 2.36. The molecular weight excluding hydrogens is 168 g/mol. The van der Waals surface area contributed by atoms with Crippen molar-refractivity contribution >= 4 is 29.1 Å². The largest absolute Gasteiger partial charge is 0.297 e. The molecule has 0 spiro atoms. The molecule has 1 fully saturated rings. The Bertz CT molecular complexity index is 149. The molecule has 1 nitrogen and oxygen atoms in total. The Balaban J connectivity index is 2.63. The second kappa shape index (κ2) is 3.14. The lowest BCUT2D eigenvalue weighted by Gasteiger charge is -2.27. The van der Waals surface area contributed by atoms with Crippen molar-refractivity contribution in [2.45, 2.75) is 29.9 Å². The van der Waals surface area contributed by atoms with Crippen LogP contribution in [-0.2, 0) is 4.79 Å². The molecule has 0 N–H and O–H groups in total. The number of halogens is 1. The third-order valence-corrected chi connectivity index (χ3v) is 3.83. The van der Waals surface area contributed by atoms with E-state index in [2.05, 4.69) is 0 Å². The number of thioether (sulfide) groups is 1. The number of hydrogen-bond donors (Lipinski definition) is 0. The number of hydrogen-bond acceptors (Lipinski definition) is 2. The van der Waals surface area contributed by atoms with E-state index in [1.807, 2.05) is 6.26 Å². The molecule has 0 aromatic rings. The van der Waals surface area contributed by atoms with E-state index in [0.29, 0.717) is 6.42 Å². The topological polar surface area (TPSA) is 17.1 Å². The summed E-state index contributed by atoms with van der Waals surface area (Å²) in [6.07, 6.45) is 5.53. The van der Waals surface area contributed by atoms with Crippen molar-refractivity contribution in [1.82, 2.24) is 0 Å². The van der Waals surface area contributed by atoms with Gasteiger partial charge in [0.05, 0.1) is 0 Å². The third kappa shape index (κ3) is 1.48. The number of carbonyl (C=O) groups excluding carboxylic acids is 1. The molecule has 1 unspecified atom stereocenters. The van der Waals surface area contributed by atoms with E-state index in [0.717, 1.165) is 19.3 Å². The molecule has 0 aromatic heterocycles. The molecule has 1 saturated carbocycles. The second-order valence-corrected chi connectivity index (χ2v) is 4.54. The Kier molecular flexibility index (Phi) is 2.64. The molecule has 0 heterocycles. The van der Waals surface area contributed by atoms with Crippen molar-refractivity contribution in [2.75, 3.05) is 6.26 Å². The maximum absolute atomic E-state index is 11.2. The zero-order chi connectivity index (χ0) is 7.61. The van der Waals surface area contributed by atoms with Gasteiger partial charge < -0.3 is 0 Å². The molecule has 1 aliphatic rings. The van der Waals surface area contributed by atoms with Gasteiger partial charge in [0.15, 0.2) is 5.78 Å². The number of carbonyl (C=O) groups is 1. The standard InChI is InChI=1S/C7H11ClOS/c1-10-7(8)5-3-2-4-6(7)9/h2-5H2,1H3. The summed E-state index contributed by atoms with van der Waals surface area (Å²) in [4.78, 5) is 11.2. The predicted molar refractivity (Wildman–Crippen MR) is 45.6 cm³/mol. The fourth-order valence-corrected chi connectivity index (χ4v) is 2.09. The van der Waals surface area contributed by atoms with Gasteiger partial charge in [-0.3, -0.25) is 4.79 Å². The Morgan fingerprint density at radius 3 is 2.70 bits per heavy atom. The molecular formula is C7H11ClOS. The van der Waals surface area contributed by atoms with E-state index in [4.69, 9.17) is 11.6 Å². The van der Waals surface area contributed by atoms with Crippen molar-refractivity contribution in [3.63, 3.8) is 0 Å². The van der Waals surface area contributed by atoms with Crippen LogP contribution in [0.1, 0.15) is 25.7 Å². The third-order valence-electron chi connectivity index (χ3n) is 1.89. The minimum absolute atomic E-state index is 0.216. The first-order valence-corrected chi connectivity index (χ1v) is 5.07. The number of rotatable bonds is 1. The van der Waals surface area contributed by atoms with Crippen molar-refractivity contribution in [1.29, 1.82) is 0 Å². The molecule has 0 bridgehead atoms. The van der Waals surface area contributed by atoms with Crippen LogP contribution in [0.25, 0.3) is 0 Å². The van der Waals surface area contributed by atoms with Crippen LogP contribution in [0.5, 0.6) is 0 Å². The predicted octanol–water partition coefficient (Wildman–Crippen LogP) is 2.43. The minimum atomic E-state index is -0.571. The van der Waals surface area contributed by atoms with Crippen LogP contribution in [0.15, 0.2) is 0 Å². The molecule has 0 saturated heterocycles. The highest BCUT2D eigenvalue weighted by atomic mass is 35.5. The van der Waals surface area contributed by atoms with E-state index in [1.165, 1.54) is 11.8 Å². The maximum Gasteiger partial charge on any atom is 0.163 e. The summed E-state index contributed by atoms with van der Waals surface area (Å²) in [5.41, 5.74) is 0. The Morgan fingerprint density at radius 2 is 2.30 bits per heavy atom. The molecule has 0 aromatic carbocycles. The number of alkyl halides is 1. The zero-order valence-corrected chi connectivity index (χ0v) is 7.60. The first kappa shape index (κ1) is 8.41. The van der Waals surface area contributed by atoms with Gasteiger partial charge in [0, 0.05) is 6.42 Å². The Labute approximate surface area is 70.5 Å². The summed E-state index contributed by atoms with van der Waals surface area (Å²) < 4.78 is -0.571. The van der Waals surface area contributed by atoms with Gasteiger partial charge in [0.1, 0.15) is 4.21 Å². The molecule has 58 valence electrons. The first-order chi connectivity index (χ1) is 4.69. The lowest BCUT2D eigenvalue weighted by Crippen LogP contribution is -2.31. The lowest BCUT2D eigenvalue weighted by molar-refractivity contribution is -0.120. The van der Waals surface area contributed by atoms with Gasteiger partial charge in [-0.25, -0.2) is 0 Å². The molecule has 0 amide bonds. The van der Waals surface area contributed by atoms with Crippen LogP contribution in [0, 0.1) is 0 Å². The molecule has 0 aliphatic heterocycles. The summed E-state index contributed by atoms with van der Waals surface area (Å²) >= 11 is 7.50. The van der Waals surface area contributed by atoms with Crippen LogP contribution < -0.4 is 0 Å². The van der Waals surface area contributed by atoms with Crippen LogP contribution in [-0.4, -0.2) is 16.2 Å². The molecule has 10 heavy (non-hydrogen) atoms. The van der Waals surface area contributed by atoms with Gasteiger partial charge in [-0.15, -0.1) is 11.8 Å². The Hall–Kier alpha value is 0.310. The fourth-order valence-electron chi connectivity index (χ4n) is 1.18. The van der Waals surface area contributed by atoms with Crippen LogP contribution >= 0.6 is 23.4 Å². The van der Waals surface area contributed by atoms with E-state index >= 15 is 0 Å². The smallest absolute Gasteiger partial charge is 0.163 e. The maximum atomic E-state index is 11.2. The summed E-state index contributed by atoms with van der Waals surface area (Å²) in [5.74, 6) is 0.216. The highest BCUT2D eigenvalue weighted by molar-refractivity contribution is 8.02. The van der Waals surface area contributed by atoms with Gasteiger partial charge in [0.25, 0.3) is 0 Å². The van der Waals surface area contributed by atoms with Gasteiger partial charge in [-0.05, 0) is 25.5 Å². The van der Waals surface area contributed by atoms with E-state index in [1.54, 1.807) is 0 Å².